The van der Waals surface area contributed by atoms with Crippen LogP contribution in [-0.2, 0) is 11.8 Å². The number of amides is 2. The zero-order chi connectivity index (χ0) is 17.1. The van der Waals surface area contributed by atoms with E-state index < -0.39 is 0 Å². The molecular weight excluding hydrogens is 280 g/mol. The van der Waals surface area contributed by atoms with Gasteiger partial charge >= 0.3 is 0 Å². The van der Waals surface area contributed by atoms with Crippen LogP contribution in [0.2, 0.25) is 0 Å². The molecule has 1 rings (SSSR count). The Morgan fingerprint density at radius 3 is 2.45 bits per heavy atom. The van der Waals surface area contributed by atoms with Crippen LogP contribution in [0.3, 0.4) is 0 Å². The van der Waals surface area contributed by atoms with Crippen molar-refractivity contribution in [3.8, 4) is 0 Å². The highest BCUT2D eigenvalue weighted by molar-refractivity contribution is 6.01. The SMILES string of the molecule is C=C(C)CCCCNC(=O)c1c(NC(C)=O)ncn1C.CC. The van der Waals surface area contributed by atoms with E-state index in [1.165, 1.54) is 13.3 Å². The van der Waals surface area contributed by atoms with E-state index in [0.29, 0.717) is 18.1 Å². The lowest BCUT2D eigenvalue weighted by Crippen LogP contribution is -2.27. The predicted octanol–water partition coefficient (Wildman–Crippen LogP) is 2.88. The Hall–Kier alpha value is -2.11. The number of unbranched alkanes of at least 4 members (excludes halogenated alkanes) is 1. The van der Waals surface area contributed by atoms with Crippen molar-refractivity contribution in [2.24, 2.45) is 7.05 Å². The van der Waals surface area contributed by atoms with Crippen molar-refractivity contribution in [2.45, 2.75) is 47.0 Å². The van der Waals surface area contributed by atoms with Gasteiger partial charge in [0.1, 0.15) is 0 Å². The molecular formula is C16H28N4O2. The Balaban J connectivity index is 0.00000211. The normalized spacial score (nSPS) is 9.50. The van der Waals surface area contributed by atoms with E-state index in [1.807, 2.05) is 20.8 Å². The minimum Gasteiger partial charge on any atom is -0.351 e. The lowest BCUT2D eigenvalue weighted by molar-refractivity contribution is -0.114. The number of aryl methyl sites for hydroxylation is 1. The average molecular weight is 308 g/mol. The molecule has 0 atom stereocenters. The van der Waals surface area contributed by atoms with E-state index in [-0.39, 0.29) is 11.8 Å². The van der Waals surface area contributed by atoms with E-state index >= 15 is 0 Å². The number of carbonyl (C=O) groups excluding carboxylic acids is 2. The third-order valence-electron chi connectivity index (χ3n) is 2.76. The molecule has 0 radical (unpaired) electrons. The number of hydrogen-bond donors (Lipinski definition) is 2. The molecule has 0 fully saturated rings. The van der Waals surface area contributed by atoms with Gasteiger partial charge in [-0.1, -0.05) is 19.4 Å². The first-order chi connectivity index (χ1) is 10.4. The molecule has 0 aliphatic rings. The molecule has 22 heavy (non-hydrogen) atoms. The quantitative estimate of drug-likeness (QED) is 0.600. The third-order valence-corrected chi connectivity index (χ3v) is 2.76. The first kappa shape index (κ1) is 19.9. The van der Waals surface area contributed by atoms with E-state index in [1.54, 1.807) is 11.6 Å². The molecule has 2 N–H and O–H groups in total. The second-order valence-electron chi connectivity index (χ2n) is 4.90. The maximum Gasteiger partial charge on any atom is 0.271 e. The monoisotopic (exact) mass is 308 g/mol. The van der Waals surface area contributed by atoms with Crippen molar-refractivity contribution in [2.75, 3.05) is 11.9 Å². The van der Waals surface area contributed by atoms with E-state index in [4.69, 9.17) is 0 Å². The highest BCUT2D eigenvalue weighted by Gasteiger charge is 2.17. The summed E-state index contributed by atoms with van der Waals surface area (Å²) in [5, 5.41) is 5.38. The lowest BCUT2D eigenvalue weighted by Gasteiger charge is -2.08. The second kappa shape index (κ2) is 10.6. The Morgan fingerprint density at radius 1 is 1.27 bits per heavy atom. The van der Waals surface area contributed by atoms with Crippen LogP contribution in [0.5, 0.6) is 0 Å². The maximum absolute atomic E-state index is 12.1. The zero-order valence-electron chi connectivity index (χ0n) is 14.3. The molecule has 2 amide bonds. The highest BCUT2D eigenvalue weighted by atomic mass is 16.2. The van der Waals surface area contributed by atoms with Gasteiger partial charge in [0.2, 0.25) is 5.91 Å². The zero-order valence-corrected chi connectivity index (χ0v) is 14.3. The molecule has 1 aromatic rings. The van der Waals surface area contributed by atoms with Crippen LogP contribution in [0.4, 0.5) is 5.82 Å². The van der Waals surface area contributed by atoms with Crippen molar-refractivity contribution in [3.05, 3.63) is 24.2 Å². The van der Waals surface area contributed by atoms with Crippen molar-refractivity contribution in [3.63, 3.8) is 0 Å². The van der Waals surface area contributed by atoms with Gasteiger partial charge in [-0.3, -0.25) is 9.59 Å². The van der Waals surface area contributed by atoms with E-state index in [0.717, 1.165) is 24.8 Å². The topological polar surface area (TPSA) is 76.0 Å². The van der Waals surface area contributed by atoms with Crippen molar-refractivity contribution in [1.29, 1.82) is 0 Å². The summed E-state index contributed by atoms with van der Waals surface area (Å²) in [5.41, 5.74) is 1.51. The van der Waals surface area contributed by atoms with Crippen LogP contribution in [0.25, 0.3) is 0 Å². The summed E-state index contributed by atoms with van der Waals surface area (Å²) in [4.78, 5) is 27.1. The summed E-state index contributed by atoms with van der Waals surface area (Å²) in [6, 6.07) is 0. The number of allylic oxidation sites excluding steroid dienone is 1. The van der Waals surface area contributed by atoms with Gasteiger partial charge in [-0.2, -0.15) is 0 Å². The van der Waals surface area contributed by atoms with Gasteiger partial charge in [-0.05, 0) is 26.2 Å². The van der Waals surface area contributed by atoms with Crippen molar-refractivity contribution in [1.82, 2.24) is 14.9 Å². The Morgan fingerprint density at radius 2 is 1.91 bits per heavy atom. The van der Waals surface area contributed by atoms with Crippen LogP contribution in [-0.4, -0.2) is 27.9 Å². The maximum atomic E-state index is 12.1. The molecule has 124 valence electrons. The molecule has 1 heterocycles. The summed E-state index contributed by atoms with van der Waals surface area (Å²) in [5.74, 6) is -0.192. The molecule has 0 saturated carbocycles. The summed E-state index contributed by atoms with van der Waals surface area (Å²) >= 11 is 0. The average Bonchev–Trinajstić information content (AvgIpc) is 2.80. The lowest BCUT2D eigenvalue weighted by atomic mass is 10.1. The Labute approximate surface area is 133 Å². The second-order valence-corrected chi connectivity index (χ2v) is 4.90. The summed E-state index contributed by atoms with van der Waals surface area (Å²) in [6.07, 6.45) is 4.37. The summed E-state index contributed by atoms with van der Waals surface area (Å²) < 4.78 is 1.59. The van der Waals surface area contributed by atoms with Crippen molar-refractivity contribution < 1.29 is 9.59 Å². The highest BCUT2D eigenvalue weighted by Crippen LogP contribution is 2.12. The summed E-state index contributed by atoms with van der Waals surface area (Å²) in [6.45, 7) is 11.8. The minimum absolute atomic E-state index is 0.232. The molecule has 0 spiro atoms. The predicted molar refractivity (Wildman–Crippen MR) is 89.9 cm³/mol. The molecule has 0 saturated heterocycles. The van der Waals surface area contributed by atoms with Crippen LogP contribution in [0.15, 0.2) is 18.5 Å². The number of hydrogen-bond acceptors (Lipinski definition) is 3. The first-order valence-corrected chi connectivity index (χ1v) is 7.63. The summed E-state index contributed by atoms with van der Waals surface area (Å²) in [7, 11) is 1.72. The fourth-order valence-electron chi connectivity index (χ4n) is 1.79. The molecule has 0 aliphatic heterocycles. The number of carbonyl (C=O) groups is 2. The number of aromatic nitrogens is 2. The Bertz CT molecular complexity index is 506. The largest absolute Gasteiger partial charge is 0.351 e. The standard InChI is InChI=1S/C14H22N4O2.C2H6/c1-10(2)7-5-6-8-15-14(20)12-13(17-11(3)19)16-9-18(12)4;1-2/h9H,1,5-8H2,2-4H3,(H,15,20)(H,17,19);1-2H3. The van der Waals surface area contributed by atoms with E-state index in [9.17, 15) is 9.59 Å². The fourth-order valence-corrected chi connectivity index (χ4v) is 1.79. The number of nitrogens with zero attached hydrogens (tertiary/aromatic N) is 2. The van der Waals surface area contributed by atoms with Gasteiger partial charge in [0.25, 0.3) is 5.91 Å². The molecule has 6 heteroatoms. The number of nitrogens with one attached hydrogen (secondary N) is 2. The van der Waals surface area contributed by atoms with Crippen molar-refractivity contribution >= 4 is 17.6 Å². The Kier molecular flexibility index (Phi) is 9.58. The van der Waals surface area contributed by atoms with Gasteiger partial charge in [0.05, 0.1) is 6.33 Å². The first-order valence-electron chi connectivity index (χ1n) is 7.63. The van der Waals surface area contributed by atoms with Crippen LogP contribution in [0.1, 0.15) is 57.4 Å². The molecule has 0 unspecified atom stereocenters. The van der Waals surface area contributed by atoms with E-state index in [2.05, 4.69) is 22.2 Å². The van der Waals surface area contributed by atoms with Crippen LogP contribution in [0, 0.1) is 0 Å². The molecule has 1 aromatic heterocycles. The van der Waals surface area contributed by atoms with Gasteiger partial charge in [0.15, 0.2) is 11.5 Å². The van der Waals surface area contributed by atoms with Crippen LogP contribution >= 0.6 is 0 Å². The fraction of sp³-hybridized carbons (Fsp3) is 0.562. The molecule has 6 nitrogen and oxygen atoms in total. The van der Waals surface area contributed by atoms with Gasteiger partial charge < -0.3 is 15.2 Å². The number of rotatable bonds is 7. The van der Waals surface area contributed by atoms with Gasteiger partial charge in [-0.25, -0.2) is 4.98 Å². The number of anilines is 1. The third kappa shape index (κ3) is 7.06. The van der Waals surface area contributed by atoms with Crippen LogP contribution < -0.4 is 10.6 Å². The minimum atomic E-state index is -0.251. The van der Waals surface area contributed by atoms with Gasteiger partial charge in [0, 0.05) is 20.5 Å². The molecule has 0 bridgehead atoms. The van der Waals surface area contributed by atoms with Gasteiger partial charge in [-0.15, -0.1) is 6.58 Å². The smallest absolute Gasteiger partial charge is 0.271 e. The number of imidazole rings is 1. The molecule has 0 aromatic carbocycles. The molecule has 0 aliphatic carbocycles.